The molecule has 5 nitrogen and oxygen atoms in total. The molecule has 102 valence electrons. The normalized spacial score (nSPS) is 20.5. The zero-order chi connectivity index (χ0) is 12.8. The Labute approximate surface area is 108 Å². The van der Waals surface area contributed by atoms with Crippen molar-refractivity contribution in [3.63, 3.8) is 0 Å². The summed E-state index contributed by atoms with van der Waals surface area (Å²) >= 11 is 0. The van der Waals surface area contributed by atoms with E-state index < -0.39 is 0 Å². The number of rotatable bonds is 6. The molecule has 1 aliphatic rings. The summed E-state index contributed by atoms with van der Waals surface area (Å²) < 4.78 is 11.0. The topological polar surface area (TPSA) is 50.5 Å². The Morgan fingerprint density at radius 1 is 1.50 bits per heavy atom. The zero-order valence-electron chi connectivity index (χ0n) is 11.3. The van der Waals surface area contributed by atoms with E-state index in [0.29, 0.717) is 6.10 Å². The van der Waals surface area contributed by atoms with Crippen LogP contribution in [0.2, 0.25) is 0 Å². The first-order valence-electron chi connectivity index (χ1n) is 6.67. The maximum atomic E-state index is 5.73. The molecule has 5 heteroatoms. The molecule has 1 aromatic heterocycles. The number of nitrogens with zero attached hydrogens (tertiary/aromatic N) is 2. The van der Waals surface area contributed by atoms with E-state index in [9.17, 15) is 0 Å². The molecular weight excluding hydrogens is 230 g/mol. The molecule has 1 aromatic rings. The minimum Gasteiger partial charge on any atom is -0.377 e. The van der Waals surface area contributed by atoms with Crippen molar-refractivity contribution in [1.82, 2.24) is 15.4 Å². The maximum Gasteiger partial charge on any atom is 0.151 e. The molecule has 1 aliphatic heterocycles. The van der Waals surface area contributed by atoms with E-state index in [-0.39, 0.29) is 0 Å². The van der Waals surface area contributed by atoms with Gasteiger partial charge in [-0.25, -0.2) is 0 Å². The summed E-state index contributed by atoms with van der Waals surface area (Å²) in [4.78, 5) is 2.24. The second-order valence-electron chi connectivity index (χ2n) is 5.00. The van der Waals surface area contributed by atoms with Gasteiger partial charge in [0, 0.05) is 25.8 Å². The molecule has 0 radical (unpaired) electrons. The molecule has 2 heterocycles. The predicted octanol–water partition coefficient (Wildman–Crippen LogP) is 1.39. The van der Waals surface area contributed by atoms with Crippen molar-refractivity contribution in [2.75, 3.05) is 27.2 Å². The molecule has 0 saturated carbocycles. The highest BCUT2D eigenvalue weighted by Crippen LogP contribution is 2.14. The summed E-state index contributed by atoms with van der Waals surface area (Å²) in [6.07, 6.45) is 4.04. The highest BCUT2D eigenvalue weighted by molar-refractivity contribution is 5.04. The van der Waals surface area contributed by atoms with Crippen LogP contribution in [-0.2, 0) is 17.8 Å². The molecule has 2 rings (SSSR count). The average Bonchev–Trinajstić information content (AvgIpc) is 2.78. The van der Waals surface area contributed by atoms with E-state index in [0.717, 1.165) is 37.7 Å². The van der Waals surface area contributed by atoms with E-state index in [1.54, 1.807) is 0 Å². The third-order valence-corrected chi connectivity index (χ3v) is 3.18. The van der Waals surface area contributed by atoms with Crippen LogP contribution < -0.4 is 5.32 Å². The number of aromatic nitrogens is 1. The van der Waals surface area contributed by atoms with Crippen molar-refractivity contribution in [2.24, 2.45) is 0 Å². The number of hydrogen-bond donors (Lipinski definition) is 1. The van der Waals surface area contributed by atoms with E-state index in [1.165, 1.54) is 19.3 Å². The fraction of sp³-hybridized carbons (Fsp3) is 0.769. The predicted molar refractivity (Wildman–Crippen MR) is 69.2 cm³/mol. The van der Waals surface area contributed by atoms with Gasteiger partial charge in [-0.1, -0.05) is 5.16 Å². The molecule has 0 aromatic carbocycles. The van der Waals surface area contributed by atoms with E-state index >= 15 is 0 Å². The van der Waals surface area contributed by atoms with Crippen molar-refractivity contribution in [1.29, 1.82) is 0 Å². The van der Waals surface area contributed by atoms with Gasteiger partial charge in [0.15, 0.2) is 5.76 Å². The molecule has 0 aliphatic carbocycles. The van der Waals surface area contributed by atoms with Gasteiger partial charge in [-0.3, -0.25) is 4.90 Å². The van der Waals surface area contributed by atoms with Gasteiger partial charge in [-0.2, -0.15) is 0 Å². The first-order valence-corrected chi connectivity index (χ1v) is 6.67. The first kappa shape index (κ1) is 13.5. The van der Waals surface area contributed by atoms with Crippen LogP contribution in [0, 0.1) is 0 Å². The summed E-state index contributed by atoms with van der Waals surface area (Å²) in [6.45, 7) is 3.41. The monoisotopic (exact) mass is 253 g/mol. The third-order valence-electron chi connectivity index (χ3n) is 3.18. The Morgan fingerprint density at radius 2 is 2.39 bits per heavy atom. The Morgan fingerprint density at radius 3 is 3.11 bits per heavy atom. The highest BCUT2D eigenvalue weighted by Gasteiger charge is 2.16. The molecular formula is C13H23N3O2. The van der Waals surface area contributed by atoms with Crippen molar-refractivity contribution in [3.05, 3.63) is 17.5 Å². The third kappa shape index (κ3) is 4.08. The van der Waals surface area contributed by atoms with Crippen LogP contribution in [0.4, 0.5) is 0 Å². The second kappa shape index (κ2) is 6.87. The van der Waals surface area contributed by atoms with Crippen molar-refractivity contribution >= 4 is 0 Å². The minimum absolute atomic E-state index is 0.378. The Kier molecular flexibility index (Phi) is 5.16. The van der Waals surface area contributed by atoms with Gasteiger partial charge in [0.25, 0.3) is 0 Å². The first-order chi connectivity index (χ1) is 8.78. The van der Waals surface area contributed by atoms with Crippen LogP contribution in [0.1, 0.15) is 30.7 Å². The lowest BCUT2D eigenvalue weighted by Crippen LogP contribution is -2.32. The van der Waals surface area contributed by atoms with Crippen LogP contribution in [0.15, 0.2) is 10.6 Å². The zero-order valence-corrected chi connectivity index (χ0v) is 11.3. The standard InChI is InChI=1S/C13H23N3O2/c1-14-8-11-7-13(18-15-11)10-16(2)9-12-5-3-4-6-17-12/h7,12,14H,3-6,8-10H2,1-2H3. The quantitative estimate of drug-likeness (QED) is 0.830. The Hall–Kier alpha value is -0.910. The Balaban J connectivity index is 1.76. The number of likely N-dealkylation sites (N-methyl/N-ethyl adjacent to an activating group) is 1. The van der Waals surface area contributed by atoms with Gasteiger partial charge in [-0.05, 0) is 33.4 Å². The Bertz CT molecular complexity index is 348. The van der Waals surface area contributed by atoms with Crippen LogP contribution in [0.5, 0.6) is 0 Å². The molecule has 1 fully saturated rings. The number of nitrogens with one attached hydrogen (secondary N) is 1. The van der Waals surface area contributed by atoms with Crippen LogP contribution in [-0.4, -0.2) is 43.4 Å². The van der Waals surface area contributed by atoms with E-state index in [1.807, 2.05) is 13.1 Å². The fourth-order valence-electron chi connectivity index (χ4n) is 2.32. The summed E-state index contributed by atoms with van der Waals surface area (Å²) in [6, 6.07) is 2.01. The lowest BCUT2D eigenvalue weighted by molar-refractivity contribution is -0.00360. The highest BCUT2D eigenvalue weighted by atomic mass is 16.5. The summed E-state index contributed by atoms with van der Waals surface area (Å²) in [5.41, 5.74) is 0.954. The van der Waals surface area contributed by atoms with Crippen molar-refractivity contribution in [3.8, 4) is 0 Å². The largest absolute Gasteiger partial charge is 0.377 e. The number of ether oxygens (including phenoxy) is 1. The summed E-state index contributed by atoms with van der Waals surface area (Å²) in [5, 5.41) is 7.07. The van der Waals surface area contributed by atoms with Crippen LogP contribution >= 0.6 is 0 Å². The van der Waals surface area contributed by atoms with Gasteiger partial charge in [0.2, 0.25) is 0 Å². The molecule has 18 heavy (non-hydrogen) atoms. The number of hydrogen-bond acceptors (Lipinski definition) is 5. The van der Waals surface area contributed by atoms with Crippen molar-refractivity contribution in [2.45, 2.75) is 38.5 Å². The van der Waals surface area contributed by atoms with Crippen LogP contribution in [0.3, 0.4) is 0 Å². The molecule has 1 unspecified atom stereocenters. The summed E-state index contributed by atoms with van der Waals surface area (Å²) in [5.74, 6) is 0.915. The van der Waals surface area contributed by atoms with Gasteiger partial charge in [0.1, 0.15) is 0 Å². The van der Waals surface area contributed by atoms with E-state index in [2.05, 4.69) is 22.4 Å². The van der Waals surface area contributed by atoms with Gasteiger partial charge in [-0.15, -0.1) is 0 Å². The summed E-state index contributed by atoms with van der Waals surface area (Å²) in [7, 11) is 4.00. The van der Waals surface area contributed by atoms with Crippen molar-refractivity contribution < 1.29 is 9.26 Å². The SMILES string of the molecule is CNCc1cc(CN(C)CC2CCCCO2)on1. The average molecular weight is 253 g/mol. The molecule has 1 saturated heterocycles. The van der Waals surface area contributed by atoms with Gasteiger partial charge in [0.05, 0.1) is 18.3 Å². The van der Waals surface area contributed by atoms with Gasteiger partial charge >= 0.3 is 0 Å². The molecule has 1 N–H and O–H groups in total. The molecule has 0 spiro atoms. The molecule has 1 atom stereocenters. The molecule has 0 amide bonds. The lowest BCUT2D eigenvalue weighted by Gasteiger charge is -2.26. The van der Waals surface area contributed by atoms with Gasteiger partial charge < -0.3 is 14.6 Å². The maximum absolute atomic E-state index is 5.73. The fourth-order valence-corrected chi connectivity index (χ4v) is 2.32. The van der Waals surface area contributed by atoms with Crippen LogP contribution in [0.25, 0.3) is 0 Å². The minimum atomic E-state index is 0.378. The second-order valence-corrected chi connectivity index (χ2v) is 5.00. The smallest absolute Gasteiger partial charge is 0.151 e. The molecule has 0 bridgehead atoms. The lowest BCUT2D eigenvalue weighted by atomic mass is 10.1. The van der Waals surface area contributed by atoms with E-state index in [4.69, 9.17) is 9.26 Å².